The van der Waals surface area contributed by atoms with Gasteiger partial charge in [0, 0.05) is 6.42 Å². The average Bonchev–Trinajstić information content (AvgIpc) is 2.21. The summed E-state index contributed by atoms with van der Waals surface area (Å²) < 4.78 is 6.33. The first-order valence-corrected chi connectivity index (χ1v) is 5.45. The van der Waals surface area contributed by atoms with E-state index in [1.807, 2.05) is 30.3 Å². The van der Waals surface area contributed by atoms with Gasteiger partial charge in [-0.3, -0.25) is 0 Å². The molecule has 3 nitrogen and oxygen atoms in total. The molecule has 0 saturated carbocycles. The van der Waals surface area contributed by atoms with E-state index in [9.17, 15) is 5.11 Å². The number of hydrogen-bond donors (Lipinski definition) is 1. The third-order valence-electron chi connectivity index (χ3n) is 1.87. The van der Waals surface area contributed by atoms with Crippen molar-refractivity contribution in [3.05, 3.63) is 28.7 Å². The number of para-hydroxylation sites is 1. The van der Waals surface area contributed by atoms with Gasteiger partial charge in [0.15, 0.2) is 0 Å². The molecule has 0 aliphatic rings. The number of benzene rings is 1. The third kappa shape index (κ3) is 4.32. The lowest BCUT2D eigenvalue weighted by Gasteiger charge is -2.09. The van der Waals surface area contributed by atoms with Gasteiger partial charge in [-0.05, 0) is 28.1 Å². The van der Waals surface area contributed by atoms with Crippen LogP contribution in [-0.4, -0.2) is 17.8 Å². The van der Waals surface area contributed by atoms with Gasteiger partial charge in [0.25, 0.3) is 0 Å². The Hall–Kier alpha value is -1.05. The van der Waals surface area contributed by atoms with Crippen molar-refractivity contribution in [1.82, 2.24) is 0 Å². The monoisotopic (exact) mass is 269 g/mol. The van der Waals surface area contributed by atoms with E-state index in [1.54, 1.807) is 0 Å². The average molecular weight is 270 g/mol. The topological polar surface area (TPSA) is 53.2 Å². The van der Waals surface area contributed by atoms with Gasteiger partial charge >= 0.3 is 0 Å². The van der Waals surface area contributed by atoms with E-state index in [0.717, 1.165) is 10.2 Å². The van der Waals surface area contributed by atoms with Gasteiger partial charge in [-0.15, -0.1) is 0 Å². The zero-order valence-corrected chi connectivity index (χ0v) is 9.77. The standard InChI is InChI=1S/C11H12BrNO2/c12-10-3-1-2-4-11(10)15-8-6-9(14)5-7-13/h1-4,9,14H,5-6,8H2. The number of halogens is 1. The molecule has 0 spiro atoms. The molecule has 1 rings (SSSR count). The highest BCUT2D eigenvalue weighted by molar-refractivity contribution is 9.10. The SMILES string of the molecule is N#CCC(O)CCOc1ccccc1Br. The van der Waals surface area contributed by atoms with Crippen molar-refractivity contribution in [1.29, 1.82) is 5.26 Å². The van der Waals surface area contributed by atoms with Crippen LogP contribution in [0.25, 0.3) is 0 Å². The van der Waals surface area contributed by atoms with E-state index in [4.69, 9.17) is 10.00 Å². The largest absolute Gasteiger partial charge is 0.492 e. The van der Waals surface area contributed by atoms with Gasteiger partial charge in [-0.2, -0.15) is 5.26 Å². The Balaban J connectivity index is 2.32. The third-order valence-corrected chi connectivity index (χ3v) is 2.53. The zero-order valence-electron chi connectivity index (χ0n) is 8.19. The summed E-state index contributed by atoms with van der Waals surface area (Å²) in [7, 11) is 0. The number of rotatable bonds is 5. The predicted octanol–water partition coefficient (Wildman–Crippen LogP) is 2.49. The zero-order chi connectivity index (χ0) is 11.1. The van der Waals surface area contributed by atoms with Crippen molar-refractivity contribution in [3.8, 4) is 11.8 Å². The Labute approximate surface area is 97.4 Å². The second-order valence-corrected chi connectivity index (χ2v) is 3.94. The number of hydrogen-bond acceptors (Lipinski definition) is 3. The number of aliphatic hydroxyl groups is 1. The van der Waals surface area contributed by atoms with Crippen molar-refractivity contribution in [3.63, 3.8) is 0 Å². The van der Waals surface area contributed by atoms with Gasteiger partial charge in [0.1, 0.15) is 5.75 Å². The molecule has 80 valence electrons. The quantitative estimate of drug-likeness (QED) is 0.894. The highest BCUT2D eigenvalue weighted by atomic mass is 79.9. The van der Waals surface area contributed by atoms with Crippen LogP contribution in [0, 0.1) is 11.3 Å². The second-order valence-electron chi connectivity index (χ2n) is 3.08. The number of nitriles is 1. The van der Waals surface area contributed by atoms with Gasteiger partial charge in [0.05, 0.1) is 29.7 Å². The smallest absolute Gasteiger partial charge is 0.133 e. The van der Waals surface area contributed by atoms with E-state index in [1.165, 1.54) is 0 Å². The van der Waals surface area contributed by atoms with Gasteiger partial charge in [0.2, 0.25) is 0 Å². The summed E-state index contributed by atoms with van der Waals surface area (Å²) in [4.78, 5) is 0. The minimum absolute atomic E-state index is 0.152. The second kappa shape index (κ2) is 6.44. The van der Waals surface area contributed by atoms with E-state index < -0.39 is 6.10 Å². The van der Waals surface area contributed by atoms with E-state index in [2.05, 4.69) is 15.9 Å². The van der Waals surface area contributed by atoms with Gasteiger partial charge in [-0.25, -0.2) is 0 Å². The first-order chi connectivity index (χ1) is 7.24. The first kappa shape index (κ1) is 12.0. The summed E-state index contributed by atoms with van der Waals surface area (Å²) >= 11 is 3.35. The van der Waals surface area contributed by atoms with Crippen molar-refractivity contribution in [2.75, 3.05) is 6.61 Å². The minimum atomic E-state index is -0.600. The molecule has 0 heterocycles. The van der Waals surface area contributed by atoms with Crippen LogP contribution in [0.15, 0.2) is 28.7 Å². The Kier molecular flexibility index (Phi) is 5.16. The molecule has 0 aliphatic carbocycles. The van der Waals surface area contributed by atoms with E-state index in [-0.39, 0.29) is 6.42 Å². The normalized spacial score (nSPS) is 11.8. The predicted molar refractivity (Wildman–Crippen MR) is 60.5 cm³/mol. The van der Waals surface area contributed by atoms with Crippen LogP contribution in [0.4, 0.5) is 0 Å². The van der Waals surface area contributed by atoms with Crippen LogP contribution >= 0.6 is 15.9 Å². The molecule has 1 unspecified atom stereocenters. The first-order valence-electron chi connectivity index (χ1n) is 4.66. The molecule has 0 aromatic heterocycles. The summed E-state index contributed by atoms with van der Waals surface area (Å²) in [6.45, 7) is 0.408. The van der Waals surface area contributed by atoms with Crippen LogP contribution in [0.1, 0.15) is 12.8 Å². The molecule has 0 aliphatic heterocycles. The van der Waals surface area contributed by atoms with Crippen molar-refractivity contribution in [2.45, 2.75) is 18.9 Å². The fourth-order valence-electron chi connectivity index (χ4n) is 1.07. The fourth-order valence-corrected chi connectivity index (χ4v) is 1.47. The Morgan fingerprint density at radius 3 is 2.87 bits per heavy atom. The fraction of sp³-hybridized carbons (Fsp3) is 0.364. The van der Waals surface area contributed by atoms with Gasteiger partial charge in [-0.1, -0.05) is 12.1 Å². The molecular weight excluding hydrogens is 258 g/mol. The van der Waals surface area contributed by atoms with Crippen LogP contribution in [-0.2, 0) is 0 Å². The summed E-state index contributed by atoms with van der Waals surface area (Å²) in [6, 6.07) is 9.44. The Bertz CT molecular complexity index is 349. The molecule has 0 bridgehead atoms. The summed E-state index contributed by atoms with van der Waals surface area (Å²) in [5.74, 6) is 0.752. The minimum Gasteiger partial charge on any atom is -0.492 e. The molecule has 1 aromatic rings. The molecule has 1 atom stereocenters. The molecule has 1 N–H and O–H groups in total. The van der Waals surface area contributed by atoms with Crippen LogP contribution in [0.3, 0.4) is 0 Å². The van der Waals surface area contributed by atoms with Crippen LogP contribution < -0.4 is 4.74 Å². The summed E-state index contributed by atoms with van der Waals surface area (Å²) in [6.07, 6.45) is 0.0197. The lowest BCUT2D eigenvalue weighted by atomic mass is 10.2. The maximum Gasteiger partial charge on any atom is 0.133 e. The molecule has 0 fully saturated rings. The van der Waals surface area contributed by atoms with Crippen molar-refractivity contribution in [2.24, 2.45) is 0 Å². The van der Waals surface area contributed by atoms with Crippen molar-refractivity contribution < 1.29 is 9.84 Å². The number of nitrogens with zero attached hydrogens (tertiary/aromatic N) is 1. The summed E-state index contributed by atoms with van der Waals surface area (Å²) in [5.41, 5.74) is 0. The van der Waals surface area contributed by atoms with Gasteiger partial charge < -0.3 is 9.84 Å². The number of aliphatic hydroxyl groups excluding tert-OH is 1. The molecular formula is C11H12BrNO2. The summed E-state index contributed by atoms with van der Waals surface area (Å²) in [5, 5.41) is 17.6. The maximum atomic E-state index is 9.28. The molecule has 1 aromatic carbocycles. The van der Waals surface area contributed by atoms with Crippen LogP contribution in [0.2, 0.25) is 0 Å². The highest BCUT2D eigenvalue weighted by Crippen LogP contribution is 2.23. The molecule has 4 heteroatoms. The number of ether oxygens (including phenoxy) is 1. The Morgan fingerprint density at radius 2 is 2.20 bits per heavy atom. The van der Waals surface area contributed by atoms with Crippen molar-refractivity contribution >= 4 is 15.9 Å². The molecule has 0 saturated heterocycles. The van der Waals surface area contributed by atoms with E-state index >= 15 is 0 Å². The van der Waals surface area contributed by atoms with E-state index in [0.29, 0.717) is 13.0 Å². The highest BCUT2D eigenvalue weighted by Gasteiger charge is 2.04. The molecule has 0 amide bonds. The molecule has 0 radical (unpaired) electrons. The Morgan fingerprint density at radius 1 is 1.47 bits per heavy atom. The lowest BCUT2D eigenvalue weighted by Crippen LogP contribution is -2.11. The molecule has 15 heavy (non-hydrogen) atoms. The maximum absolute atomic E-state index is 9.28. The van der Waals surface area contributed by atoms with Crippen LogP contribution in [0.5, 0.6) is 5.75 Å². The lowest BCUT2D eigenvalue weighted by molar-refractivity contribution is 0.143.